The van der Waals surface area contributed by atoms with Gasteiger partial charge in [0.2, 0.25) is 0 Å². The number of nitrogens with zero attached hydrogens (tertiary/aromatic N) is 3. The van der Waals surface area contributed by atoms with Gasteiger partial charge in [0.25, 0.3) is 5.56 Å². The summed E-state index contributed by atoms with van der Waals surface area (Å²) in [4.78, 5) is 16.6. The van der Waals surface area contributed by atoms with Gasteiger partial charge in [-0.05, 0) is 35.9 Å². The Kier molecular flexibility index (Phi) is 3.21. The molecule has 30 heavy (non-hydrogen) atoms. The quantitative estimate of drug-likeness (QED) is 0.562. The monoisotopic (exact) mass is 410 g/mol. The van der Waals surface area contributed by atoms with Crippen LogP contribution in [0.3, 0.4) is 0 Å². The van der Waals surface area contributed by atoms with Crippen molar-refractivity contribution in [2.45, 2.75) is 19.5 Å². The number of pyridine rings is 2. The maximum Gasteiger partial charge on any atom is 0.258 e. The van der Waals surface area contributed by atoms with E-state index in [2.05, 4.69) is 10.3 Å². The highest BCUT2D eigenvalue weighted by Crippen LogP contribution is 2.29. The fraction of sp³-hybridized carbons (Fsp3) is 0.217. The lowest BCUT2D eigenvalue weighted by Crippen LogP contribution is -2.24. The van der Waals surface area contributed by atoms with Crippen LogP contribution < -0.4 is 15.6 Å². The minimum Gasteiger partial charge on any atom is -0.487 e. The Morgan fingerprint density at radius 2 is 2.20 bits per heavy atom. The second-order valence-electron chi connectivity index (χ2n) is 6.83. The number of hydrogen-bond donors (Lipinski definition) is 1. The van der Waals surface area contributed by atoms with Crippen LogP contribution in [0, 0.1) is 5.82 Å². The second kappa shape index (κ2) is 7.42. The first kappa shape index (κ1) is 13.0. The van der Waals surface area contributed by atoms with Gasteiger partial charge in [-0.2, -0.15) is 0 Å². The van der Waals surface area contributed by atoms with Crippen LogP contribution in [0.1, 0.15) is 25.2 Å². The minimum absolute atomic E-state index is 0.0377. The first-order chi connectivity index (χ1) is 16.8. The zero-order valence-corrected chi connectivity index (χ0v) is 15.9. The van der Waals surface area contributed by atoms with Crippen LogP contribution in [0.15, 0.2) is 59.7 Å². The highest BCUT2D eigenvalue weighted by Gasteiger charge is 2.18. The highest BCUT2D eigenvalue weighted by atomic mass is 19.1. The third-order valence-electron chi connectivity index (χ3n) is 4.99. The van der Waals surface area contributed by atoms with Gasteiger partial charge < -0.3 is 14.6 Å². The number of rotatable bonds is 4. The molecule has 1 aromatic carbocycles. The Balaban J connectivity index is 1.50. The normalized spacial score (nSPS) is 20.2. The highest BCUT2D eigenvalue weighted by molar-refractivity contribution is 5.87. The van der Waals surface area contributed by atoms with Gasteiger partial charge >= 0.3 is 0 Å². The van der Waals surface area contributed by atoms with Crippen LogP contribution in [-0.2, 0) is 26.5 Å². The molecule has 6 nitrogen and oxygen atoms in total. The summed E-state index contributed by atoms with van der Waals surface area (Å²) in [7, 11) is 1.66. The molecule has 0 saturated heterocycles. The molecule has 1 aliphatic rings. The molecule has 7 heteroatoms. The van der Waals surface area contributed by atoms with Crippen LogP contribution in [0.5, 0.6) is 5.75 Å². The van der Waals surface area contributed by atoms with Crippen molar-refractivity contribution in [3.05, 3.63) is 88.0 Å². The minimum atomic E-state index is -2.40. The average molecular weight is 410 g/mol. The Bertz CT molecular complexity index is 1550. The summed E-state index contributed by atoms with van der Waals surface area (Å²) in [5.74, 6) is -0.649. The number of fused-ring (bicyclic) bond motifs is 3. The van der Waals surface area contributed by atoms with E-state index < -0.39 is 30.8 Å². The summed E-state index contributed by atoms with van der Waals surface area (Å²) in [5.41, 5.74) is 1.37. The number of hydrogen-bond acceptors (Lipinski definition) is 4. The van der Waals surface area contributed by atoms with E-state index >= 15 is 0 Å². The summed E-state index contributed by atoms with van der Waals surface area (Å²) in [6.07, 6.45) is 0.0275. The van der Waals surface area contributed by atoms with Crippen molar-refractivity contribution in [3.8, 4) is 11.4 Å². The van der Waals surface area contributed by atoms with Gasteiger partial charge in [0.15, 0.2) is 0 Å². The molecule has 0 fully saturated rings. The zero-order valence-electron chi connectivity index (χ0n) is 21.9. The van der Waals surface area contributed by atoms with Gasteiger partial charge in [-0.1, -0.05) is 6.07 Å². The molecule has 4 heterocycles. The summed E-state index contributed by atoms with van der Waals surface area (Å²) < 4.78 is 70.4. The number of nitrogens with one attached hydrogen (secondary N) is 1. The van der Waals surface area contributed by atoms with Gasteiger partial charge in [0.05, 0.1) is 25.8 Å². The number of aryl methyl sites for hydroxylation is 1. The maximum atomic E-state index is 13.1. The summed E-state index contributed by atoms with van der Waals surface area (Å²) in [6, 6.07) is 9.94. The smallest absolute Gasteiger partial charge is 0.258 e. The molecular formula is C23H21FN4O2. The van der Waals surface area contributed by atoms with Gasteiger partial charge in [-0.25, -0.2) is 4.39 Å². The Hall–Kier alpha value is -3.45. The molecule has 4 aromatic rings. The average Bonchev–Trinajstić information content (AvgIpc) is 3.09. The van der Waals surface area contributed by atoms with E-state index in [0.29, 0.717) is 16.8 Å². The molecule has 152 valence electrons. The summed E-state index contributed by atoms with van der Waals surface area (Å²) >= 11 is 0. The topological polar surface area (TPSA) is 61.1 Å². The van der Waals surface area contributed by atoms with Gasteiger partial charge in [-0.15, -0.1) is 0 Å². The molecule has 0 bridgehead atoms. The molecule has 3 aromatic heterocycles. The Morgan fingerprint density at radius 1 is 1.30 bits per heavy atom. The van der Waals surface area contributed by atoms with Gasteiger partial charge in [0.1, 0.15) is 18.1 Å². The second-order valence-corrected chi connectivity index (χ2v) is 6.83. The van der Waals surface area contributed by atoms with Crippen molar-refractivity contribution >= 4 is 10.9 Å². The van der Waals surface area contributed by atoms with E-state index in [1.54, 1.807) is 29.8 Å². The first-order valence-electron chi connectivity index (χ1n) is 12.2. The lowest BCUT2D eigenvalue weighted by molar-refractivity contribution is 0.300. The number of halogens is 1. The zero-order chi connectivity index (χ0) is 26.0. The molecule has 0 spiro atoms. The van der Waals surface area contributed by atoms with E-state index in [-0.39, 0.29) is 23.7 Å². The summed E-state index contributed by atoms with van der Waals surface area (Å²) in [6.45, 7) is -4.48. The SMILES string of the molecule is [2H]C([2H])(Oc1ccn(-c2ccc3c4c(n(C)c3c2)C([2H])([2H])C([2H])([2H])NC4)c(=O)c1)c1ccc(F)cn1. The molecular weight excluding hydrogens is 383 g/mol. The number of ether oxygens (including phenoxy) is 1. The van der Waals surface area contributed by atoms with Crippen LogP contribution in [0.4, 0.5) is 4.39 Å². The molecule has 0 unspecified atom stereocenters. The molecule has 0 aliphatic carbocycles. The van der Waals surface area contributed by atoms with Crippen LogP contribution in [0.25, 0.3) is 16.6 Å². The van der Waals surface area contributed by atoms with Crippen molar-refractivity contribution in [2.75, 3.05) is 6.50 Å². The molecule has 1 aliphatic heterocycles. The van der Waals surface area contributed by atoms with Crippen LogP contribution in [-0.4, -0.2) is 20.6 Å². The van der Waals surface area contributed by atoms with Crippen molar-refractivity contribution in [2.24, 2.45) is 7.05 Å². The molecule has 0 amide bonds. The van der Waals surface area contributed by atoms with Gasteiger partial charge in [0, 0.05) is 55.3 Å². The lowest BCUT2D eigenvalue weighted by Gasteiger charge is -2.14. The third-order valence-corrected chi connectivity index (χ3v) is 4.99. The first-order valence-corrected chi connectivity index (χ1v) is 9.23. The predicted molar refractivity (Wildman–Crippen MR) is 112 cm³/mol. The van der Waals surface area contributed by atoms with Crippen molar-refractivity contribution in [1.82, 2.24) is 19.4 Å². The van der Waals surface area contributed by atoms with Crippen molar-refractivity contribution in [3.63, 3.8) is 0 Å². The third kappa shape index (κ3) is 3.27. The standard InChI is InChI=1S/C23H21FN4O2/c1-27-21-6-8-25-13-20(21)19-5-4-17(10-22(19)27)28-9-7-18(11-23(28)29)30-14-16-3-2-15(24)12-26-16/h2-5,7,9-12,25H,6,8,13-14H2,1H3/i6D2,8D2,14D2. The van der Waals surface area contributed by atoms with E-state index in [4.69, 9.17) is 13.0 Å². The van der Waals surface area contributed by atoms with E-state index in [9.17, 15) is 9.18 Å². The predicted octanol–water partition coefficient (Wildman–Crippen LogP) is 3.09. The maximum absolute atomic E-state index is 13.1. The van der Waals surface area contributed by atoms with Crippen LogP contribution >= 0.6 is 0 Å². The summed E-state index contributed by atoms with van der Waals surface area (Å²) in [5, 5.41) is 3.37. The van der Waals surface area contributed by atoms with Crippen molar-refractivity contribution in [1.29, 1.82) is 0 Å². The van der Waals surface area contributed by atoms with E-state index in [1.807, 2.05) is 0 Å². The Morgan fingerprint density at radius 3 is 3.00 bits per heavy atom. The van der Waals surface area contributed by atoms with Gasteiger partial charge in [-0.3, -0.25) is 14.3 Å². The number of benzene rings is 1. The Labute approximate surface area is 181 Å². The molecule has 0 saturated carbocycles. The molecule has 0 radical (unpaired) electrons. The van der Waals surface area contributed by atoms with Crippen molar-refractivity contribution < 1.29 is 17.4 Å². The van der Waals surface area contributed by atoms with E-state index in [0.717, 1.165) is 29.8 Å². The molecule has 5 rings (SSSR count). The van der Waals surface area contributed by atoms with E-state index in [1.165, 1.54) is 16.8 Å². The largest absolute Gasteiger partial charge is 0.487 e. The molecule has 0 atom stereocenters. The number of aromatic nitrogens is 3. The fourth-order valence-corrected chi connectivity index (χ4v) is 3.51. The molecule has 1 N–H and O–H groups in total. The fourth-order valence-electron chi connectivity index (χ4n) is 3.51. The lowest BCUT2D eigenvalue weighted by atomic mass is 10.1. The van der Waals surface area contributed by atoms with Crippen LogP contribution in [0.2, 0.25) is 0 Å².